The van der Waals surface area contributed by atoms with E-state index in [2.05, 4.69) is 119 Å². The number of hydrogen-bond donors (Lipinski definition) is 0. The van der Waals surface area contributed by atoms with E-state index in [4.69, 9.17) is 0 Å². The van der Waals surface area contributed by atoms with Crippen LogP contribution in [-0.2, 0) is 0 Å². The molecule has 0 aliphatic rings. The third kappa shape index (κ3) is 13.7. The van der Waals surface area contributed by atoms with Crippen molar-refractivity contribution >= 4 is 47.6 Å². The minimum atomic E-state index is 0.562. The standard InChI is InChI=1S/C39H27N7.C27H19N7/c1-5-34(6-2-30(1)32-9-13-36(14-10-32)42-25-28-17-21-40-22-18-28)38-27-44-39(46-45-38)35-7-3-31(4-8-35)33-11-15-37(16-12-33)43-26-29-19-23-41-24-20-29;1-5-24(30-17-20-9-13-28-14-10-20)6-2-22(1)26-19-32-27(34-33-26)23-3-7-25(8-4-23)31-18-21-11-15-29-16-12-21/h1-27H;1-19H. The normalized spacial score (nSPS) is 11.3. The van der Waals surface area contributed by atoms with E-state index in [1.54, 1.807) is 68.2 Å². The molecule has 6 heterocycles. The summed E-state index contributed by atoms with van der Waals surface area (Å²) in [6.45, 7) is 0. The SMILES string of the molecule is C(=Nc1ccc(-c2ccc(-c3cnc(-c4ccc(-c5ccc(N=Cc6ccncc6)cc5)cc4)nn3)cc2)cc1)c1ccncc1.C(=Nc1ccc(-c2cnc(-c3ccc(N=Cc4ccncc4)cc3)nn2)cc1)c1ccncc1. The van der Waals surface area contributed by atoms with Crippen LogP contribution in [0, 0.1) is 0 Å². The van der Waals surface area contributed by atoms with Gasteiger partial charge >= 0.3 is 0 Å². The van der Waals surface area contributed by atoms with Crippen LogP contribution in [0.2, 0.25) is 0 Å². The molecule has 0 saturated heterocycles. The fourth-order valence-corrected chi connectivity index (χ4v) is 8.01. The lowest BCUT2D eigenvalue weighted by atomic mass is 10.0. The number of aromatic nitrogens is 10. The first-order chi connectivity index (χ1) is 39.6. The molecule has 0 fully saturated rings. The Morgan fingerprint density at radius 1 is 0.225 bits per heavy atom. The highest BCUT2D eigenvalue weighted by Gasteiger charge is 2.09. The number of rotatable bonds is 14. The molecular formula is C66H46N14. The van der Waals surface area contributed by atoms with Gasteiger partial charge in [-0.25, -0.2) is 9.97 Å². The molecule has 80 heavy (non-hydrogen) atoms. The Labute approximate surface area is 461 Å². The van der Waals surface area contributed by atoms with E-state index in [1.165, 1.54) is 0 Å². The van der Waals surface area contributed by atoms with Crippen molar-refractivity contribution < 1.29 is 0 Å². The van der Waals surface area contributed by atoms with Crippen molar-refractivity contribution in [3.8, 4) is 67.5 Å². The van der Waals surface area contributed by atoms with Gasteiger partial charge in [0.1, 0.15) is 11.4 Å². The number of benzene rings is 6. The van der Waals surface area contributed by atoms with Crippen molar-refractivity contribution in [1.82, 2.24) is 50.3 Å². The van der Waals surface area contributed by atoms with Crippen LogP contribution in [0.3, 0.4) is 0 Å². The summed E-state index contributed by atoms with van der Waals surface area (Å²) in [7, 11) is 0. The summed E-state index contributed by atoms with van der Waals surface area (Å²) in [4.78, 5) is 43.2. The first-order valence-corrected chi connectivity index (χ1v) is 25.4. The van der Waals surface area contributed by atoms with E-state index in [0.717, 1.165) is 95.2 Å². The zero-order valence-corrected chi connectivity index (χ0v) is 42.8. The smallest absolute Gasteiger partial charge is 0.181 e. The Bertz CT molecular complexity index is 3730. The Morgan fingerprint density at radius 3 is 0.713 bits per heavy atom. The molecule has 0 N–H and O–H groups in total. The minimum absolute atomic E-state index is 0.562. The lowest BCUT2D eigenvalue weighted by molar-refractivity contribution is 0.987. The van der Waals surface area contributed by atoms with E-state index in [9.17, 15) is 0 Å². The molecule has 12 aromatic rings. The van der Waals surface area contributed by atoms with Crippen molar-refractivity contribution in [1.29, 1.82) is 0 Å². The predicted molar refractivity (Wildman–Crippen MR) is 318 cm³/mol. The fraction of sp³-hybridized carbons (Fsp3) is 0. The van der Waals surface area contributed by atoms with Crippen LogP contribution in [0.5, 0.6) is 0 Å². The first kappa shape index (κ1) is 50.8. The van der Waals surface area contributed by atoms with E-state index >= 15 is 0 Å². The fourth-order valence-electron chi connectivity index (χ4n) is 8.01. The van der Waals surface area contributed by atoms with Crippen LogP contribution in [0.15, 0.2) is 276 Å². The molecule has 6 aromatic heterocycles. The second-order valence-corrected chi connectivity index (χ2v) is 17.8. The maximum absolute atomic E-state index is 4.60. The molecule has 0 atom stereocenters. The van der Waals surface area contributed by atoms with Crippen LogP contribution in [0.4, 0.5) is 22.7 Å². The zero-order valence-electron chi connectivity index (χ0n) is 42.8. The number of aliphatic imine (C=N–C) groups is 4. The second kappa shape index (κ2) is 25.4. The highest BCUT2D eigenvalue weighted by atomic mass is 15.2. The van der Waals surface area contributed by atoms with Crippen LogP contribution >= 0.6 is 0 Å². The van der Waals surface area contributed by atoms with Crippen molar-refractivity contribution in [2.45, 2.75) is 0 Å². The summed E-state index contributed by atoms with van der Waals surface area (Å²) >= 11 is 0. The van der Waals surface area contributed by atoms with Gasteiger partial charge in [-0.15, -0.1) is 20.4 Å². The third-order valence-electron chi connectivity index (χ3n) is 12.4. The third-order valence-corrected chi connectivity index (χ3v) is 12.4. The van der Waals surface area contributed by atoms with E-state index < -0.39 is 0 Å². The monoisotopic (exact) mass is 1030 g/mol. The average molecular weight is 1040 g/mol. The van der Waals surface area contributed by atoms with Crippen molar-refractivity contribution in [2.75, 3.05) is 0 Å². The van der Waals surface area contributed by atoms with Gasteiger partial charge in [-0.05, 0) is 154 Å². The topological polar surface area (TPSA) is 178 Å². The van der Waals surface area contributed by atoms with Gasteiger partial charge in [-0.3, -0.25) is 39.9 Å². The molecule has 14 nitrogen and oxygen atoms in total. The average Bonchev–Trinajstić information content (AvgIpc) is 3.55. The quantitative estimate of drug-likeness (QED) is 0.0952. The molecule has 0 saturated carbocycles. The lowest BCUT2D eigenvalue weighted by Gasteiger charge is -2.06. The molecule has 0 aliphatic heterocycles. The van der Waals surface area contributed by atoms with Crippen LogP contribution in [0.25, 0.3) is 67.5 Å². The Morgan fingerprint density at radius 2 is 0.450 bits per heavy atom. The molecule has 0 aliphatic carbocycles. The van der Waals surface area contributed by atoms with Gasteiger partial charge in [-0.1, -0.05) is 84.9 Å². The van der Waals surface area contributed by atoms with Crippen LogP contribution < -0.4 is 0 Å². The molecule has 14 heteroatoms. The van der Waals surface area contributed by atoms with Gasteiger partial charge in [0, 0.05) is 96.7 Å². The predicted octanol–water partition coefficient (Wildman–Crippen LogP) is 14.3. The van der Waals surface area contributed by atoms with Crippen molar-refractivity contribution in [3.63, 3.8) is 0 Å². The number of hydrogen-bond acceptors (Lipinski definition) is 14. The van der Waals surface area contributed by atoms with E-state index in [-0.39, 0.29) is 0 Å². The molecule has 6 aromatic carbocycles. The van der Waals surface area contributed by atoms with Crippen LogP contribution in [0.1, 0.15) is 22.3 Å². The summed E-state index contributed by atoms with van der Waals surface area (Å²) in [6.07, 6.45) is 24.8. The summed E-state index contributed by atoms with van der Waals surface area (Å²) < 4.78 is 0. The van der Waals surface area contributed by atoms with E-state index in [0.29, 0.717) is 17.3 Å². The van der Waals surface area contributed by atoms with Gasteiger partial charge in [0.25, 0.3) is 0 Å². The Hall–Kier alpha value is -11.4. The Kier molecular flexibility index (Phi) is 16.1. The molecule has 0 bridgehead atoms. The molecule has 0 amide bonds. The summed E-state index contributed by atoms with van der Waals surface area (Å²) in [5, 5.41) is 17.5. The number of nitrogens with zero attached hydrogens (tertiary/aromatic N) is 14. The molecular weight excluding hydrogens is 989 g/mol. The largest absolute Gasteiger partial charge is 0.265 e. The highest BCUT2D eigenvalue weighted by molar-refractivity contribution is 5.84. The van der Waals surface area contributed by atoms with Gasteiger partial charge in [0.05, 0.1) is 35.1 Å². The summed E-state index contributed by atoms with van der Waals surface area (Å²) in [5.74, 6) is 1.14. The van der Waals surface area contributed by atoms with Gasteiger partial charge < -0.3 is 0 Å². The summed E-state index contributed by atoms with van der Waals surface area (Å²) in [5.41, 5.74) is 17.0. The molecule has 0 radical (unpaired) electrons. The maximum atomic E-state index is 4.60. The minimum Gasteiger partial charge on any atom is -0.265 e. The molecule has 0 spiro atoms. The highest BCUT2D eigenvalue weighted by Crippen LogP contribution is 2.29. The van der Waals surface area contributed by atoms with Gasteiger partial charge in [-0.2, -0.15) is 0 Å². The molecule has 0 unspecified atom stereocenters. The van der Waals surface area contributed by atoms with Crippen molar-refractivity contribution in [2.24, 2.45) is 20.0 Å². The molecule has 380 valence electrons. The Balaban J connectivity index is 0.000000177. The lowest BCUT2D eigenvalue weighted by Crippen LogP contribution is -1.94. The number of pyridine rings is 4. The van der Waals surface area contributed by atoms with Crippen molar-refractivity contribution in [3.05, 3.63) is 278 Å². The van der Waals surface area contributed by atoms with Crippen LogP contribution in [-0.4, -0.2) is 75.2 Å². The molecule has 12 rings (SSSR count). The summed E-state index contributed by atoms with van der Waals surface area (Å²) in [6, 6.07) is 63.6. The first-order valence-electron chi connectivity index (χ1n) is 25.4. The van der Waals surface area contributed by atoms with Gasteiger partial charge in [0.15, 0.2) is 11.6 Å². The second-order valence-electron chi connectivity index (χ2n) is 17.8. The van der Waals surface area contributed by atoms with E-state index in [1.807, 2.05) is 164 Å². The zero-order chi connectivity index (χ0) is 54.0. The van der Waals surface area contributed by atoms with Gasteiger partial charge in [0.2, 0.25) is 0 Å². The maximum Gasteiger partial charge on any atom is 0.181 e.